The van der Waals surface area contributed by atoms with Gasteiger partial charge in [0.25, 0.3) is 5.91 Å². The summed E-state index contributed by atoms with van der Waals surface area (Å²) in [6, 6.07) is 7.41. The van der Waals surface area contributed by atoms with Crippen LogP contribution in [0, 0.1) is 0 Å². The highest BCUT2D eigenvalue weighted by molar-refractivity contribution is 6.06. The molecule has 6 nitrogen and oxygen atoms in total. The van der Waals surface area contributed by atoms with Gasteiger partial charge in [-0.3, -0.25) is 9.89 Å². The third-order valence-corrected chi connectivity index (χ3v) is 2.46. The Balaban J connectivity index is 2.19. The number of para-hydroxylation sites is 1. The molecule has 2 aromatic rings. The number of benzene rings is 1. The molecule has 0 fully saturated rings. The number of ether oxygens (including phenoxy) is 1. The van der Waals surface area contributed by atoms with Crippen LogP contribution in [0.5, 0.6) is 0 Å². The van der Waals surface area contributed by atoms with Crippen molar-refractivity contribution in [2.24, 2.45) is 0 Å². The predicted molar refractivity (Wildman–Crippen MR) is 68.1 cm³/mol. The van der Waals surface area contributed by atoms with Gasteiger partial charge in [-0.15, -0.1) is 0 Å². The van der Waals surface area contributed by atoms with Crippen molar-refractivity contribution in [1.29, 1.82) is 0 Å². The van der Waals surface area contributed by atoms with Crippen LogP contribution in [0.2, 0.25) is 0 Å². The molecule has 1 heterocycles. The molecule has 4 N–H and O–H groups in total. The van der Waals surface area contributed by atoms with Gasteiger partial charge in [-0.1, -0.05) is 18.2 Å². The van der Waals surface area contributed by atoms with Crippen molar-refractivity contribution >= 4 is 17.3 Å². The molecular weight excluding hydrogens is 232 g/mol. The van der Waals surface area contributed by atoms with E-state index in [0.717, 1.165) is 5.56 Å². The highest BCUT2D eigenvalue weighted by atomic mass is 16.5. The van der Waals surface area contributed by atoms with Crippen molar-refractivity contribution in [3.63, 3.8) is 0 Å². The summed E-state index contributed by atoms with van der Waals surface area (Å²) < 4.78 is 5.07. The number of methoxy groups -OCH3 is 1. The van der Waals surface area contributed by atoms with Gasteiger partial charge >= 0.3 is 0 Å². The summed E-state index contributed by atoms with van der Waals surface area (Å²) in [6.45, 7) is 0.426. The maximum Gasteiger partial charge on any atom is 0.275 e. The van der Waals surface area contributed by atoms with E-state index in [1.54, 1.807) is 13.2 Å². The van der Waals surface area contributed by atoms with Crippen molar-refractivity contribution in [3.05, 3.63) is 41.7 Å². The van der Waals surface area contributed by atoms with Crippen LogP contribution in [0.3, 0.4) is 0 Å². The fourth-order valence-corrected chi connectivity index (χ4v) is 1.59. The van der Waals surface area contributed by atoms with Crippen LogP contribution < -0.4 is 11.1 Å². The normalized spacial score (nSPS) is 10.3. The van der Waals surface area contributed by atoms with Crippen LogP contribution in [-0.4, -0.2) is 23.2 Å². The first-order valence-corrected chi connectivity index (χ1v) is 5.39. The van der Waals surface area contributed by atoms with Gasteiger partial charge in [-0.2, -0.15) is 5.10 Å². The molecule has 0 aliphatic heterocycles. The zero-order valence-electron chi connectivity index (χ0n) is 9.93. The Labute approximate surface area is 104 Å². The molecule has 0 radical (unpaired) electrons. The van der Waals surface area contributed by atoms with Crippen molar-refractivity contribution in [3.8, 4) is 0 Å². The Bertz CT molecular complexity index is 551. The molecule has 2 rings (SSSR count). The van der Waals surface area contributed by atoms with Crippen LogP contribution >= 0.6 is 0 Å². The standard InChI is InChI=1S/C12H14N4O2/c1-18-7-8-4-2-3-5-10(8)15-12(17)11-9(13)6-14-16-11/h2-6H,7,13H2,1H3,(H,14,16)(H,15,17). The van der Waals surface area contributed by atoms with Gasteiger partial charge < -0.3 is 15.8 Å². The number of hydrogen-bond donors (Lipinski definition) is 3. The number of anilines is 2. The minimum Gasteiger partial charge on any atom is -0.396 e. The smallest absolute Gasteiger partial charge is 0.275 e. The van der Waals surface area contributed by atoms with Crippen LogP contribution in [0.4, 0.5) is 11.4 Å². The van der Waals surface area contributed by atoms with Crippen molar-refractivity contribution < 1.29 is 9.53 Å². The summed E-state index contributed by atoms with van der Waals surface area (Å²) in [6.07, 6.45) is 1.40. The molecule has 1 amide bonds. The third-order valence-electron chi connectivity index (χ3n) is 2.46. The minimum atomic E-state index is -0.325. The number of aromatic amines is 1. The number of aromatic nitrogens is 2. The van der Waals surface area contributed by atoms with E-state index in [2.05, 4.69) is 15.5 Å². The summed E-state index contributed by atoms with van der Waals surface area (Å²) in [5.41, 5.74) is 7.77. The van der Waals surface area contributed by atoms with Crippen molar-refractivity contribution in [2.45, 2.75) is 6.61 Å². The Morgan fingerprint density at radius 1 is 1.50 bits per heavy atom. The molecule has 0 spiro atoms. The molecule has 1 aromatic heterocycles. The summed E-state index contributed by atoms with van der Waals surface area (Å²) in [5.74, 6) is -0.325. The number of nitrogens with one attached hydrogen (secondary N) is 2. The van der Waals surface area contributed by atoms with Gasteiger partial charge in [0, 0.05) is 18.4 Å². The van der Waals surface area contributed by atoms with E-state index in [1.807, 2.05) is 18.2 Å². The zero-order chi connectivity index (χ0) is 13.0. The van der Waals surface area contributed by atoms with E-state index in [1.165, 1.54) is 6.20 Å². The minimum absolute atomic E-state index is 0.252. The Morgan fingerprint density at radius 2 is 2.28 bits per heavy atom. The lowest BCUT2D eigenvalue weighted by molar-refractivity contribution is 0.102. The monoisotopic (exact) mass is 246 g/mol. The fraction of sp³-hybridized carbons (Fsp3) is 0.167. The molecule has 0 aliphatic rings. The van der Waals surface area contributed by atoms with Crippen molar-refractivity contribution in [2.75, 3.05) is 18.2 Å². The number of nitrogens with two attached hydrogens (primary N) is 1. The lowest BCUT2D eigenvalue weighted by Crippen LogP contribution is -2.15. The number of nitrogens with zero attached hydrogens (tertiary/aromatic N) is 1. The molecule has 0 bridgehead atoms. The summed E-state index contributed by atoms with van der Waals surface area (Å²) in [4.78, 5) is 11.9. The molecular formula is C12H14N4O2. The number of amides is 1. The molecule has 1 aromatic carbocycles. The average molecular weight is 246 g/mol. The Morgan fingerprint density at radius 3 is 2.94 bits per heavy atom. The molecule has 6 heteroatoms. The number of rotatable bonds is 4. The summed E-state index contributed by atoms with van der Waals surface area (Å²) in [5, 5.41) is 9.03. The van der Waals surface area contributed by atoms with Gasteiger partial charge in [-0.25, -0.2) is 0 Å². The molecule has 18 heavy (non-hydrogen) atoms. The molecule has 0 saturated carbocycles. The fourth-order valence-electron chi connectivity index (χ4n) is 1.59. The first kappa shape index (κ1) is 12.1. The van der Waals surface area contributed by atoms with Crippen LogP contribution in [0.1, 0.15) is 16.1 Å². The van der Waals surface area contributed by atoms with Crippen LogP contribution in [-0.2, 0) is 11.3 Å². The van der Waals surface area contributed by atoms with Gasteiger partial charge in [-0.05, 0) is 6.07 Å². The number of carbonyl (C=O) groups excluding carboxylic acids is 1. The molecule has 94 valence electrons. The van der Waals surface area contributed by atoms with E-state index in [4.69, 9.17) is 10.5 Å². The third kappa shape index (κ3) is 2.49. The van der Waals surface area contributed by atoms with Gasteiger partial charge in [0.2, 0.25) is 0 Å². The van der Waals surface area contributed by atoms with E-state index >= 15 is 0 Å². The number of nitrogen functional groups attached to an aromatic ring is 1. The molecule has 0 unspecified atom stereocenters. The van der Waals surface area contributed by atoms with E-state index in [9.17, 15) is 4.79 Å². The number of carbonyl (C=O) groups is 1. The van der Waals surface area contributed by atoms with Gasteiger partial charge in [0.1, 0.15) is 5.69 Å². The van der Waals surface area contributed by atoms with Gasteiger partial charge in [0.05, 0.1) is 18.5 Å². The quantitative estimate of drug-likeness (QED) is 0.760. The second-order valence-corrected chi connectivity index (χ2v) is 3.74. The topological polar surface area (TPSA) is 93.0 Å². The highest BCUT2D eigenvalue weighted by Gasteiger charge is 2.13. The molecule has 0 saturated heterocycles. The first-order valence-electron chi connectivity index (χ1n) is 5.39. The Hall–Kier alpha value is -2.34. The predicted octanol–water partition coefficient (Wildman–Crippen LogP) is 1.39. The second-order valence-electron chi connectivity index (χ2n) is 3.74. The zero-order valence-corrected chi connectivity index (χ0v) is 9.93. The Kier molecular flexibility index (Phi) is 3.59. The van der Waals surface area contributed by atoms with Gasteiger partial charge in [0.15, 0.2) is 0 Å². The van der Waals surface area contributed by atoms with E-state index in [-0.39, 0.29) is 11.6 Å². The first-order chi connectivity index (χ1) is 8.72. The summed E-state index contributed by atoms with van der Waals surface area (Å²) in [7, 11) is 1.60. The molecule has 0 atom stereocenters. The molecule has 0 aliphatic carbocycles. The maximum absolute atomic E-state index is 11.9. The van der Waals surface area contributed by atoms with Crippen LogP contribution in [0.15, 0.2) is 30.5 Å². The SMILES string of the molecule is COCc1ccccc1NC(=O)c1[nH]ncc1N. The second kappa shape index (κ2) is 5.33. The average Bonchev–Trinajstić information content (AvgIpc) is 2.78. The maximum atomic E-state index is 11.9. The largest absolute Gasteiger partial charge is 0.396 e. The highest BCUT2D eigenvalue weighted by Crippen LogP contribution is 2.17. The number of H-pyrrole nitrogens is 1. The van der Waals surface area contributed by atoms with E-state index < -0.39 is 0 Å². The van der Waals surface area contributed by atoms with Crippen molar-refractivity contribution in [1.82, 2.24) is 10.2 Å². The summed E-state index contributed by atoms with van der Waals surface area (Å²) >= 11 is 0. The van der Waals surface area contributed by atoms with E-state index in [0.29, 0.717) is 18.0 Å². The lowest BCUT2D eigenvalue weighted by Gasteiger charge is -2.09. The van der Waals surface area contributed by atoms with Crippen LogP contribution in [0.25, 0.3) is 0 Å². The number of hydrogen-bond acceptors (Lipinski definition) is 4. The lowest BCUT2D eigenvalue weighted by atomic mass is 10.2.